The van der Waals surface area contributed by atoms with E-state index in [9.17, 15) is 30.3 Å². The minimum absolute atomic E-state index is 0.0793. The molecule has 5 N–H and O–H groups in total. The van der Waals surface area contributed by atoms with Gasteiger partial charge >= 0.3 is 5.97 Å². The van der Waals surface area contributed by atoms with Crippen LogP contribution in [0.15, 0.2) is 11.6 Å². The summed E-state index contributed by atoms with van der Waals surface area (Å²) in [6, 6.07) is 0. The highest BCUT2D eigenvalue weighted by Crippen LogP contribution is 2.70. The molecule has 7 rings (SSSR count). The van der Waals surface area contributed by atoms with E-state index in [0.29, 0.717) is 18.4 Å². The predicted octanol–water partition coefficient (Wildman–Crippen LogP) is 1.57. The van der Waals surface area contributed by atoms with Gasteiger partial charge in [-0.2, -0.15) is 0 Å². The van der Waals surface area contributed by atoms with Crippen molar-refractivity contribution in [1.82, 2.24) is 0 Å². The number of aliphatic hydroxyl groups excluding tert-OH is 4. The van der Waals surface area contributed by atoms with Gasteiger partial charge in [0.25, 0.3) is 0 Å². The Morgan fingerprint density at radius 1 is 0.872 bits per heavy atom. The van der Waals surface area contributed by atoms with E-state index in [1.54, 1.807) is 13.0 Å². The van der Waals surface area contributed by atoms with Gasteiger partial charge in [-0.3, -0.25) is 0 Å². The number of carbonyl (C=O) groups excluding carboxylic acids is 1. The van der Waals surface area contributed by atoms with Crippen LogP contribution in [-0.4, -0.2) is 119 Å². The lowest BCUT2D eigenvalue weighted by Crippen LogP contribution is -2.63. The molecule has 3 aliphatic heterocycles. The summed E-state index contributed by atoms with van der Waals surface area (Å²) >= 11 is 0. The van der Waals surface area contributed by atoms with Crippen LogP contribution >= 0.6 is 0 Å². The Balaban J connectivity index is 0.992. The van der Waals surface area contributed by atoms with Gasteiger partial charge < -0.3 is 54.0 Å². The van der Waals surface area contributed by atoms with Crippen molar-refractivity contribution < 1.29 is 58.7 Å². The van der Waals surface area contributed by atoms with Gasteiger partial charge in [-0.15, -0.1) is 0 Å². The lowest BCUT2D eigenvalue weighted by Gasteiger charge is -2.64. The second kappa shape index (κ2) is 12.5. The molecule has 0 unspecified atom stereocenters. The third-order valence-corrected chi connectivity index (χ3v) is 14.0. The van der Waals surface area contributed by atoms with Gasteiger partial charge in [0.1, 0.15) is 43.2 Å². The summed E-state index contributed by atoms with van der Waals surface area (Å²) in [6.45, 7) is 6.61. The summed E-state index contributed by atoms with van der Waals surface area (Å²) in [5, 5.41) is 54.1. The molecule has 0 bridgehead atoms. The van der Waals surface area contributed by atoms with E-state index in [2.05, 4.69) is 13.8 Å². The fourth-order valence-corrected chi connectivity index (χ4v) is 11.3. The summed E-state index contributed by atoms with van der Waals surface area (Å²) in [7, 11) is 1.47. The smallest absolute Gasteiger partial charge is 0.331 e. The second-order valence-electron chi connectivity index (χ2n) is 16.1. The molecule has 0 aromatic rings. The number of cyclic esters (lactones) is 1. The highest BCUT2D eigenvalue weighted by atomic mass is 16.7. The first kappa shape index (κ1) is 34.3. The molecule has 6 fully saturated rings. The Kier molecular flexibility index (Phi) is 9.14. The number of aliphatic hydroxyl groups is 5. The maximum absolute atomic E-state index is 12.5. The monoisotopic (exact) mass is 666 g/mol. The van der Waals surface area contributed by atoms with Gasteiger partial charge in [-0.25, -0.2) is 4.79 Å². The van der Waals surface area contributed by atoms with Crippen LogP contribution in [0.4, 0.5) is 0 Å². The lowest BCUT2D eigenvalue weighted by molar-refractivity contribution is -0.352. The zero-order valence-corrected chi connectivity index (χ0v) is 28.0. The van der Waals surface area contributed by atoms with Crippen LogP contribution in [0.5, 0.6) is 0 Å². The SMILES string of the molecule is CO[C@@H]1[C@@H](O)[C@H](O[C@H]2CC[C@@]3(C)[C@@H](CC[C@@H]4[C@@H]3CC[C@]3(C)[C@@H](C5=CC(=O)OC5)CC[C@]43O)C2)O[C@H](C)[C@@H]1O[C@@H]1OC[C@@H](O)[C@H](O)[C@H]1O. The molecule has 2 saturated heterocycles. The standard InChI is InChI=1S/C35H54O12/c1-17-29(47-31-27(39)26(38)24(36)16-44-31)30(42-4)28(40)32(45-17)46-20-7-10-33(2)19(14-20)5-6-23-22(33)8-11-34(3)21(9-12-35(23,34)41)18-13-25(37)43-15-18/h13,17,19-24,26-32,36,38-41H,5-12,14-16H2,1-4H3/t17-,19+,20+,21-,22+,23-,24-,26+,27-,28-,29+,30-,31+,32+,33+,34-,35+/m1/s1. The van der Waals surface area contributed by atoms with Crippen molar-refractivity contribution in [2.75, 3.05) is 20.3 Å². The van der Waals surface area contributed by atoms with Crippen molar-refractivity contribution in [3.05, 3.63) is 11.6 Å². The predicted molar refractivity (Wildman–Crippen MR) is 164 cm³/mol. The number of esters is 1. The Morgan fingerprint density at radius 3 is 2.38 bits per heavy atom. The molecule has 47 heavy (non-hydrogen) atoms. The number of methoxy groups -OCH3 is 1. The maximum Gasteiger partial charge on any atom is 0.331 e. The number of hydrogen-bond donors (Lipinski definition) is 5. The third kappa shape index (κ3) is 5.45. The van der Waals surface area contributed by atoms with Gasteiger partial charge in [0.2, 0.25) is 0 Å². The quantitative estimate of drug-likeness (QED) is 0.205. The van der Waals surface area contributed by atoms with E-state index in [-0.39, 0.29) is 41.3 Å². The van der Waals surface area contributed by atoms with E-state index >= 15 is 0 Å². The third-order valence-electron chi connectivity index (χ3n) is 14.0. The highest BCUT2D eigenvalue weighted by Gasteiger charge is 2.68. The molecule has 4 saturated carbocycles. The first-order valence-electron chi connectivity index (χ1n) is 17.7. The summed E-state index contributed by atoms with van der Waals surface area (Å²) in [5.41, 5.74) is 0.118. The van der Waals surface area contributed by atoms with E-state index < -0.39 is 60.9 Å². The zero-order valence-electron chi connectivity index (χ0n) is 28.0. The van der Waals surface area contributed by atoms with Crippen molar-refractivity contribution in [3.8, 4) is 0 Å². The number of ether oxygens (including phenoxy) is 6. The van der Waals surface area contributed by atoms with Crippen LogP contribution in [0.25, 0.3) is 0 Å². The van der Waals surface area contributed by atoms with E-state index in [1.807, 2.05) is 0 Å². The number of rotatable bonds is 6. The molecular weight excluding hydrogens is 612 g/mol. The summed E-state index contributed by atoms with van der Waals surface area (Å²) in [4.78, 5) is 11.9. The molecule has 0 aromatic heterocycles. The number of hydrogen-bond acceptors (Lipinski definition) is 12. The van der Waals surface area contributed by atoms with Crippen LogP contribution in [-0.2, 0) is 33.2 Å². The van der Waals surface area contributed by atoms with Crippen LogP contribution in [0.3, 0.4) is 0 Å². The molecule has 0 radical (unpaired) electrons. The van der Waals surface area contributed by atoms with Gasteiger partial charge in [-0.05, 0) is 99.4 Å². The molecule has 17 atom stereocenters. The molecule has 266 valence electrons. The highest BCUT2D eigenvalue weighted by molar-refractivity contribution is 5.85. The first-order chi connectivity index (χ1) is 22.3. The van der Waals surface area contributed by atoms with Crippen molar-refractivity contribution in [1.29, 1.82) is 0 Å². The van der Waals surface area contributed by atoms with E-state index in [0.717, 1.165) is 63.4 Å². The number of carbonyl (C=O) groups is 1. The largest absolute Gasteiger partial charge is 0.458 e. The van der Waals surface area contributed by atoms with Gasteiger partial charge in [0, 0.05) is 18.6 Å². The van der Waals surface area contributed by atoms with E-state index in [4.69, 9.17) is 28.4 Å². The maximum atomic E-state index is 12.5. The molecule has 0 amide bonds. The average molecular weight is 667 g/mol. The van der Waals surface area contributed by atoms with E-state index in [1.165, 1.54) is 7.11 Å². The van der Waals surface area contributed by atoms with Crippen LogP contribution in [0, 0.1) is 34.5 Å². The molecular formula is C35H54O12. The van der Waals surface area contributed by atoms with Gasteiger partial charge in [-0.1, -0.05) is 13.8 Å². The second-order valence-corrected chi connectivity index (χ2v) is 16.1. The van der Waals surface area contributed by atoms with Gasteiger partial charge in [0.15, 0.2) is 12.6 Å². The Labute approximate surface area is 276 Å². The molecule has 4 aliphatic carbocycles. The zero-order chi connectivity index (χ0) is 33.5. The molecule has 0 aromatic carbocycles. The minimum atomic E-state index is -1.47. The fraction of sp³-hybridized carbons (Fsp3) is 0.914. The van der Waals surface area contributed by atoms with Crippen molar-refractivity contribution >= 4 is 5.97 Å². The summed E-state index contributed by atoms with van der Waals surface area (Å²) in [5.74, 6) is 0.986. The topological polar surface area (TPSA) is 174 Å². The molecule has 12 heteroatoms. The Hall–Kier alpha value is -1.19. The molecule has 7 aliphatic rings. The minimum Gasteiger partial charge on any atom is -0.458 e. The van der Waals surface area contributed by atoms with Crippen LogP contribution in [0.2, 0.25) is 0 Å². The first-order valence-corrected chi connectivity index (χ1v) is 17.7. The average Bonchev–Trinajstić information content (AvgIpc) is 3.59. The Morgan fingerprint density at radius 2 is 1.66 bits per heavy atom. The van der Waals surface area contributed by atoms with Crippen molar-refractivity contribution in [2.24, 2.45) is 34.5 Å². The summed E-state index contributed by atoms with van der Waals surface area (Å²) in [6.07, 6.45) is 0.149. The van der Waals surface area contributed by atoms with Crippen LogP contribution in [0.1, 0.15) is 78.6 Å². The molecule has 3 heterocycles. The van der Waals surface area contributed by atoms with Crippen molar-refractivity contribution in [3.63, 3.8) is 0 Å². The number of fused-ring (bicyclic) bond motifs is 5. The normalized spacial score (nSPS) is 54.7. The fourth-order valence-electron chi connectivity index (χ4n) is 11.3. The van der Waals surface area contributed by atoms with Crippen LogP contribution < -0.4 is 0 Å². The lowest BCUT2D eigenvalue weighted by atomic mass is 9.43. The van der Waals surface area contributed by atoms with Gasteiger partial charge in [0.05, 0.1) is 24.4 Å². The molecule has 12 nitrogen and oxygen atoms in total. The van der Waals surface area contributed by atoms with Crippen molar-refractivity contribution in [2.45, 2.75) is 146 Å². The summed E-state index contributed by atoms with van der Waals surface area (Å²) < 4.78 is 35.0. The molecule has 0 spiro atoms. The Bertz CT molecular complexity index is 1210.